The predicted octanol–water partition coefficient (Wildman–Crippen LogP) is 4.21. The van der Waals surface area contributed by atoms with Crippen LogP contribution in [0.15, 0.2) is 47.3 Å². The van der Waals surface area contributed by atoms with Gasteiger partial charge in [0.25, 0.3) is 0 Å². The van der Waals surface area contributed by atoms with E-state index in [-0.39, 0.29) is 5.91 Å². The molecule has 0 radical (unpaired) electrons. The zero-order valence-electron chi connectivity index (χ0n) is 16.7. The van der Waals surface area contributed by atoms with Crippen molar-refractivity contribution < 1.29 is 4.79 Å². The quantitative estimate of drug-likeness (QED) is 0.661. The number of hydrogen-bond donors (Lipinski definition) is 2. The molecule has 30 heavy (non-hydrogen) atoms. The van der Waals surface area contributed by atoms with E-state index in [0.717, 1.165) is 52.6 Å². The van der Waals surface area contributed by atoms with Crippen LogP contribution in [0, 0.1) is 0 Å². The first-order valence-corrected chi connectivity index (χ1v) is 11.0. The minimum Gasteiger partial charge on any atom is -0.365 e. The molecule has 4 heterocycles. The molecule has 0 spiro atoms. The molecule has 2 aromatic heterocycles. The normalized spacial score (nSPS) is 15.8. The second-order valence-corrected chi connectivity index (χ2v) is 8.23. The van der Waals surface area contributed by atoms with Crippen LogP contribution in [0.1, 0.15) is 25.3 Å². The summed E-state index contributed by atoms with van der Waals surface area (Å²) in [6, 6.07) is 6.11. The highest BCUT2D eigenvalue weighted by molar-refractivity contribution is 7.16. The van der Waals surface area contributed by atoms with Crippen molar-refractivity contribution in [2.24, 2.45) is 0 Å². The van der Waals surface area contributed by atoms with Crippen LogP contribution >= 0.6 is 11.3 Å². The van der Waals surface area contributed by atoms with Crippen molar-refractivity contribution in [2.75, 3.05) is 30.3 Å². The van der Waals surface area contributed by atoms with Crippen LogP contribution in [0.5, 0.6) is 0 Å². The molecule has 1 aromatic carbocycles. The van der Waals surface area contributed by atoms with Crippen LogP contribution in [-0.4, -0.2) is 45.4 Å². The maximum atomic E-state index is 11.9. The number of thiazole rings is 1. The average Bonchev–Trinajstić information content (AvgIpc) is 3.26. The largest absolute Gasteiger partial charge is 0.365 e. The number of fused-ring (bicyclic) bond motifs is 2. The lowest BCUT2D eigenvalue weighted by Crippen LogP contribution is -2.34. The SMILES string of the molecule is CCC(=O)N1CC=C(C2=Cc3c(ncnc3Nc3ccc4ncsc4c3)NC2)CC1. The number of nitrogens with zero attached hydrogens (tertiary/aromatic N) is 4. The van der Waals surface area contributed by atoms with Gasteiger partial charge in [-0.25, -0.2) is 15.0 Å². The van der Waals surface area contributed by atoms with E-state index in [1.165, 1.54) is 11.1 Å². The molecule has 3 aromatic rings. The third kappa shape index (κ3) is 3.54. The minimum absolute atomic E-state index is 0.212. The summed E-state index contributed by atoms with van der Waals surface area (Å²) in [5.74, 6) is 1.81. The van der Waals surface area contributed by atoms with Crippen LogP contribution in [0.25, 0.3) is 16.3 Å². The van der Waals surface area contributed by atoms with Crippen molar-refractivity contribution in [3.05, 3.63) is 52.8 Å². The summed E-state index contributed by atoms with van der Waals surface area (Å²) >= 11 is 1.62. The monoisotopic (exact) mass is 418 g/mol. The van der Waals surface area contributed by atoms with Gasteiger partial charge in [-0.15, -0.1) is 11.3 Å². The van der Waals surface area contributed by atoms with Gasteiger partial charge in [-0.3, -0.25) is 4.79 Å². The first-order chi connectivity index (χ1) is 14.7. The lowest BCUT2D eigenvalue weighted by molar-refractivity contribution is -0.130. The summed E-state index contributed by atoms with van der Waals surface area (Å²) in [5, 5.41) is 6.86. The highest BCUT2D eigenvalue weighted by Crippen LogP contribution is 2.33. The molecule has 0 atom stereocenters. The Labute approximate surface area is 178 Å². The molecule has 2 aliphatic rings. The Balaban J connectivity index is 1.42. The summed E-state index contributed by atoms with van der Waals surface area (Å²) in [5.41, 5.74) is 7.29. The predicted molar refractivity (Wildman–Crippen MR) is 121 cm³/mol. The number of nitrogens with one attached hydrogen (secondary N) is 2. The molecule has 0 saturated carbocycles. The summed E-state index contributed by atoms with van der Waals surface area (Å²) in [4.78, 5) is 27.1. The standard InChI is InChI=1S/C22H22N6OS/c1-2-20(29)28-7-5-14(6-8-28)15-9-17-21(23-11-15)24-12-25-22(17)27-16-3-4-18-19(10-16)30-13-26-18/h3-5,9-10,12-13H,2,6-8,11H2,1H3,(H2,23,24,25,27). The van der Waals surface area contributed by atoms with Crippen LogP contribution < -0.4 is 10.6 Å². The highest BCUT2D eigenvalue weighted by Gasteiger charge is 2.21. The number of carbonyl (C=O) groups is 1. The Kier molecular flexibility index (Phi) is 4.92. The molecule has 0 unspecified atom stereocenters. The first-order valence-electron chi connectivity index (χ1n) is 10.1. The number of rotatable bonds is 4. The molecule has 0 bridgehead atoms. The van der Waals surface area contributed by atoms with Gasteiger partial charge in [0.15, 0.2) is 0 Å². The maximum absolute atomic E-state index is 11.9. The van der Waals surface area contributed by atoms with Crippen molar-refractivity contribution >= 4 is 50.9 Å². The Hall–Kier alpha value is -3.26. The number of anilines is 3. The van der Waals surface area contributed by atoms with Gasteiger partial charge < -0.3 is 15.5 Å². The van der Waals surface area contributed by atoms with E-state index < -0.39 is 0 Å². The van der Waals surface area contributed by atoms with Crippen LogP contribution in [0.4, 0.5) is 17.3 Å². The molecule has 2 N–H and O–H groups in total. The van der Waals surface area contributed by atoms with Gasteiger partial charge in [-0.05, 0) is 41.8 Å². The lowest BCUT2D eigenvalue weighted by Gasteiger charge is -2.29. The van der Waals surface area contributed by atoms with Crippen molar-refractivity contribution in [2.45, 2.75) is 19.8 Å². The van der Waals surface area contributed by atoms with E-state index in [0.29, 0.717) is 13.0 Å². The van der Waals surface area contributed by atoms with Gasteiger partial charge in [0.05, 0.1) is 21.3 Å². The van der Waals surface area contributed by atoms with Gasteiger partial charge in [0.1, 0.15) is 18.0 Å². The van der Waals surface area contributed by atoms with E-state index >= 15 is 0 Å². The van der Waals surface area contributed by atoms with Crippen molar-refractivity contribution in [1.29, 1.82) is 0 Å². The maximum Gasteiger partial charge on any atom is 0.222 e. The molecule has 8 heteroatoms. The van der Waals surface area contributed by atoms with E-state index in [1.807, 2.05) is 29.5 Å². The Morgan fingerprint density at radius 3 is 3.03 bits per heavy atom. The number of amides is 1. The van der Waals surface area contributed by atoms with E-state index in [4.69, 9.17) is 0 Å². The highest BCUT2D eigenvalue weighted by atomic mass is 32.1. The number of hydrogen-bond acceptors (Lipinski definition) is 7. The van der Waals surface area contributed by atoms with Gasteiger partial charge in [0.2, 0.25) is 5.91 Å². The molecular formula is C22H22N6OS. The number of aromatic nitrogens is 3. The molecule has 1 amide bonds. The number of benzene rings is 1. The molecule has 0 aliphatic carbocycles. The zero-order chi connectivity index (χ0) is 20.5. The summed E-state index contributed by atoms with van der Waals surface area (Å²) in [7, 11) is 0. The van der Waals surface area contributed by atoms with E-state index in [1.54, 1.807) is 17.7 Å². The summed E-state index contributed by atoms with van der Waals surface area (Å²) in [6.07, 6.45) is 7.34. The zero-order valence-corrected chi connectivity index (χ0v) is 17.5. The lowest BCUT2D eigenvalue weighted by atomic mass is 9.95. The Morgan fingerprint density at radius 1 is 1.27 bits per heavy atom. The molecule has 0 saturated heterocycles. The summed E-state index contributed by atoms with van der Waals surface area (Å²) in [6.45, 7) is 4.09. The minimum atomic E-state index is 0.212. The summed E-state index contributed by atoms with van der Waals surface area (Å²) < 4.78 is 1.14. The van der Waals surface area contributed by atoms with Crippen molar-refractivity contribution in [1.82, 2.24) is 19.9 Å². The molecule has 0 fully saturated rings. The second kappa shape index (κ2) is 7.87. The molecule has 5 rings (SSSR count). The Morgan fingerprint density at radius 2 is 2.20 bits per heavy atom. The van der Waals surface area contributed by atoms with Crippen LogP contribution in [-0.2, 0) is 4.79 Å². The van der Waals surface area contributed by atoms with Crippen LogP contribution in [0.2, 0.25) is 0 Å². The molecule has 2 aliphatic heterocycles. The van der Waals surface area contributed by atoms with Gasteiger partial charge >= 0.3 is 0 Å². The molecular weight excluding hydrogens is 396 g/mol. The third-order valence-electron chi connectivity index (χ3n) is 5.52. The Bertz CT molecular complexity index is 1180. The van der Waals surface area contributed by atoms with E-state index in [2.05, 4.69) is 43.8 Å². The smallest absolute Gasteiger partial charge is 0.222 e. The molecule has 152 valence electrons. The van der Waals surface area contributed by atoms with Gasteiger partial charge in [-0.1, -0.05) is 13.0 Å². The third-order valence-corrected chi connectivity index (χ3v) is 6.31. The average molecular weight is 419 g/mol. The second-order valence-electron chi connectivity index (χ2n) is 7.34. The fraction of sp³-hybridized carbons (Fsp3) is 0.273. The topological polar surface area (TPSA) is 83.0 Å². The fourth-order valence-electron chi connectivity index (χ4n) is 3.86. The van der Waals surface area contributed by atoms with E-state index in [9.17, 15) is 4.79 Å². The van der Waals surface area contributed by atoms with Gasteiger partial charge in [0, 0.05) is 31.7 Å². The van der Waals surface area contributed by atoms with Crippen molar-refractivity contribution in [3.63, 3.8) is 0 Å². The van der Waals surface area contributed by atoms with Crippen molar-refractivity contribution in [3.8, 4) is 0 Å². The number of carbonyl (C=O) groups excluding carboxylic acids is 1. The first kappa shape index (κ1) is 18.7. The van der Waals surface area contributed by atoms with Crippen LogP contribution in [0.3, 0.4) is 0 Å². The fourth-order valence-corrected chi connectivity index (χ4v) is 4.58. The van der Waals surface area contributed by atoms with Gasteiger partial charge in [-0.2, -0.15) is 0 Å². The molecule has 7 nitrogen and oxygen atoms in total.